The summed E-state index contributed by atoms with van der Waals surface area (Å²) in [6.07, 6.45) is 0.487. The number of anilines is 1. The van der Waals surface area contributed by atoms with Gasteiger partial charge in [-0.25, -0.2) is 13.9 Å². The number of fused-ring (bicyclic) bond motifs is 2. The molecule has 182 valence electrons. The fourth-order valence-corrected chi connectivity index (χ4v) is 4.91. The van der Waals surface area contributed by atoms with Crippen LogP contribution in [0.5, 0.6) is 11.5 Å². The summed E-state index contributed by atoms with van der Waals surface area (Å²) in [7, 11) is 0. The van der Waals surface area contributed by atoms with E-state index in [-0.39, 0.29) is 18.1 Å². The number of halogens is 1. The smallest absolute Gasteiger partial charge is 0.404 e. The second kappa shape index (κ2) is 8.56. The second-order valence-corrected chi connectivity index (χ2v) is 8.65. The molecule has 0 saturated carbocycles. The first-order valence-corrected chi connectivity index (χ1v) is 11.4. The minimum Gasteiger partial charge on any atom is -0.486 e. The Morgan fingerprint density at radius 3 is 2.53 bits per heavy atom. The Kier molecular flexibility index (Phi) is 5.21. The lowest BCUT2D eigenvalue weighted by molar-refractivity contribution is -0.117. The first kappa shape index (κ1) is 21.9. The van der Waals surface area contributed by atoms with Gasteiger partial charge in [0, 0.05) is 17.5 Å². The van der Waals surface area contributed by atoms with Gasteiger partial charge in [0.25, 0.3) is 0 Å². The number of carbonyl (C=O) groups excluding carboxylic acids is 1. The lowest BCUT2D eigenvalue weighted by Gasteiger charge is -2.30. The molecule has 1 saturated heterocycles. The van der Waals surface area contributed by atoms with Crippen molar-refractivity contribution >= 4 is 28.6 Å². The van der Waals surface area contributed by atoms with E-state index in [4.69, 9.17) is 9.47 Å². The van der Waals surface area contributed by atoms with Crippen LogP contribution < -0.4 is 19.7 Å². The van der Waals surface area contributed by atoms with Crippen LogP contribution >= 0.6 is 0 Å². The van der Waals surface area contributed by atoms with Gasteiger partial charge in [0.15, 0.2) is 11.5 Å². The lowest BCUT2D eigenvalue weighted by atomic mass is 9.99. The highest BCUT2D eigenvalue weighted by atomic mass is 19.1. The third kappa shape index (κ3) is 3.76. The van der Waals surface area contributed by atoms with Crippen molar-refractivity contribution in [3.63, 3.8) is 0 Å². The monoisotopic (exact) mass is 488 g/mol. The number of nitrogens with one attached hydrogen (secondary N) is 1. The molecule has 0 radical (unpaired) electrons. The minimum atomic E-state index is -1.20. The van der Waals surface area contributed by atoms with Gasteiger partial charge in [0.1, 0.15) is 19.0 Å². The zero-order valence-electron chi connectivity index (χ0n) is 18.9. The molecule has 10 heteroatoms. The van der Waals surface area contributed by atoms with Gasteiger partial charge in [-0.2, -0.15) is 5.10 Å². The van der Waals surface area contributed by atoms with E-state index in [9.17, 15) is 19.1 Å². The van der Waals surface area contributed by atoms with Gasteiger partial charge in [-0.15, -0.1) is 0 Å². The molecule has 1 fully saturated rings. The van der Waals surface area contributed by atoms with E-state index in [0.29, 0.717) is 36.1 Å². The third-order valence-electron chi connectivity index (χ3n) is 6.44. The van der Waals surface area contributed by atoms with Crippen molar-refractivity contribution in [2.24, 2.45) is 0 Å². The molecule has 2 aliphatic rings. The van der Waals surface area contributed by atoms with Crippen LogP contribution in [-0.2, 0) is 4.79 Å². The van der Waals surface area contributed by atoms with Crippen molar-refractivity contribution in [2.45, 2.75) is 18.5 Å². The highest BCUT2D eigenvalue weighted by Gasteiger charge is 2.43. The number of rotatable bonds is 4. The summed E-state index contributed by atoms with van der Waals surface area (Å²) in [6, 6.07) is 15.7. The van der Waals surface area contributed by atoms with Gasteiger partial charge >= 0.3 is 6.09 Å². The van der Waals surface area contributed by atoms with Crippen molar-refractivity contribution in [3.8, 4) is 17.2 Å². The highest BCUT2D eigenvalue weighted by molar-refractivity contribution is 6.00. The molecule has 3 aromatic carbocycles. The van der Waals surface area contributed by atoms with Crippen molar-refractivity contribution in [2.75, 3.05) is 18.1 Å². The summed E-state index contributed by atoms with van der Waals surface area (Å²) in [5, 5.41) is 17.1. The number of hydrogen-bond acceptors (Lipinski definition) is 5. The Morgan fingerprint density at radius 1 is 1.00 bits per heavy atom. The SMILES string of the molecule is O=C(O)NC1CC(=O)N(c2ccc3c(cnn3-c3ccc(F)cc3)c2)C1c1ccc2c(c1)OCCO2. The zero-order valence-corrected chi connectivity index (χ0v) is 18.9. The molecule has 36 heavy (non-hydrogen) atoms. The summed E-state index contributed by atoms with van der Waals surface area (Å²) >= 11 is 0. The molecule has 6 rings (SSSR count). The van der Waals surface area contributed by atoms with E-state index in [1.54, 1.807) is 46.1 Å². The molecular formula is C26H21FN4O5. The van der Waals surface area contributed by atoms with Crippen LogP contribution in [0.4, 0.5) is 14.9 Å². The average molecular weight is 488 g/mol. The largest absolute Gasteiger partial charge is 0.486 e. The summed E-state index contributed by atoms with van der Waals surface area (Å²) in [5.74, 6) is 0.625. The fraction of sp³-hybridized carbons (Fsp3) is 0.192. The van der Waals surface area contributed by atoms with Crippen molar-refractivity contribution in [1.29, 1.82) is 0 Å². The first-order valence-electron chi connectivity index (χ1n) is 11.4. The van der Waals surface area contributed by atoms with Gasteiger partial charge in [0.05, 0.1) is 29.5 Å². The molecule has 2 atom stereocenters. The molecule has 9 nitrogen and oxygen atoms in total. The summed E-state index contributed by atoms with van der Waals surface area (Å²) in [5.41, 5.74) is 2.83. The van der Waals surface area contributed by atoms with E-state index in [2.05, 4.69) is 10.4 Å². The Bertz CT molecular complexity index is 1490. The topological polar surface area (TPSA) is 106 Å². The van der Waals surface area contributed by atoms with Crippen LogP contribution in [0.15, 0.2) is 66.9 Å². The maximum Gasteiger partial charge on any atom is 0.404 e. The van der Waals surface area contributed by atoms with E-state index in [1.807, 2.05) is 18.2 Å². The minimum absolute atomic E-state index is 0.0122. The van der Waals surface area contributed by atoms with Crippen LogP contribution in [0, 0.1) is 5.82 Å². The number of carboxylic acid groups (broad SMARTS) is 1. The molecule has 2 aliphatic heterocycles. The van der Waals surface area contributed by atoms with Crippen molar-refractivity contribution in [3.05, 3.63) is 78.2 Å². The van der Waals surface area contributed by atoms with Crippen LogP contribution in [0.1, 0.15) is 18.0 Å². The number of carbonyl (C=O) groups is 2. The Morgan fingerprint density at radius 2 is 1.75 bits per heavy atom. The van der Waals surface area contributed by atoms with Gasteiger partial charge in [-0.05, 0) is 60.2 Å². The number of ether oxygens (including phenoxy) is 2. The Balaban J connectivity index is 1.41. The van der Waals surface area contributed by atoms with Crippen LogP contribution in [-0.4, -0.2) is 46.1 Å². The molecule has 2 amide bonds. The molecule has 2 N–H and O–H groups in total. The maximum absolute atomic E-state index is 13.4. The zero-order chi connectivity index (χ0) is 24.8. The van der Waals surface area contributed by atoms with Crippen LogP contribution in [0.25, 0.3) is 16.6 Å². The standard InChI is InChI=1S/C26H21FN4O5/c27-17-2-4-18(5-3-17)31-21-7-6-19(11-16(21)14-28-31)30-24(32)13-20(29-26(33)34)25(30)15-1-8-22-23(12-15)36-10-9-35-22/h1-8,11-12,14,20,25,29H,9-10,13H2,(H,33,34). The maximum atomic E-state index is 13.4. The fourth-order valence-electron chi connectivity index (χ4n) is 4.91. The molecule has 0 spiro atoms. The number of aromatic nitrogens is 2. The van der Waals surface area contributed by atoms with E-state index < -0.39 is 18.2 Å². The number of nitrogens with zero attached hydrogens (tertiary/aromatic N) is 3. The molecule has 0 aliphatic carbocycles. The van der Waals surface area contributed by atoms with Gasteiger partial charge in [0.2, 0.25) is 5.91 Å². The lowest BCUT2D eigenvalue weighted by Crippen LogP contribution is -2.39. The quantitative estimate of drug-likeness (QED) is 0.449. The highest BCUT2D eigenvalue weighted by Crippen LogP contribution is 2.41. The summed E-state index contributed by atoms with van der Waals surface area (Å²) in [4.78, 5) is 26.4. The van der Waals surface area contributed by atoms with Gasteiger partial charge in [-0.3, -0.25) is 4.79 Å². The molecule has 3 heterocycles. The summed E-state index contributed by atoms with van der Waals surface area (Å²) in [6.45, 7) is 0.866. The Labute approximate surface area is 204 Å². The van der Waals surface area contributed by atoms with Crippen molar-refractivity contribution in [1.82, 2.24) is 15.1 Å². The van der Waals surface area contributed by atoms with Gasteiger partial charge < -0.3 is 24.8 Å². The summed E-state index contributed by atoms with van der Waals surface area (Å²) < 4.78 is 26.4. The molecule has 1 aromatic heterocycles. The Hall–Kier alpha value is -4.60. The van der Waals surface area contributed by atoms with E-state index >= 15 is 0 Å². The number of amides is 2. The normalized spacial score (nSPS) is 19.0. The van der Waals surface area contributed by atoms with Crippen LogP contribution in [0.3, 0.4) is 0 Å². The molecular weight excluding hydrogens is 467 g/mol. The first-order chi connectivity index (χ1) is 17.5. The van der Waals surface area contributed by atoms with Crippen molar-refractivity contribution < 1.29 is 28.6 Å². The second-order valence-electron chi connectivity index (χ2n) is 8.65. The van der Waals surface area contributed by atoms with Gasteiger partial charge in [-0.1, -0.05) is 6.07 Å². The van der Waals surface area contributed by atoms with E-state index in [0.717, 1.165) is 16.5 Å². The third-order valence-corrected chi connectivity index (χ3v) is 6.44. The average Bonchev–Trinajstić information content (AvgIpc) is 3.44. The van der Waals surface area contributed by atoms with Crippen LogP contribution in [0.2, 0.25) is 0 Å². The predicted molar refractivity (Wildman–Crippen MR) is 128 cm³/mol. The number of hydrogen-bond donors (Lipinski definition) is 2. The van der Waals surface area contributed by atoms with E-state index in [1.165, 1.54) is 12.1 Å². The molecule has 2 unspecified atom stereocenters. The molecule has 0 bridgehead atoms. The number of benzene rings is 3. The molecule has 4 aromatic rings. The predicted octanol–water partition coefficient (Wildman–Crippen LogP) is 4.05.